The van der Waals surface area contributed by atoms with Crippen molar-refractivity contribution in [2.75, 3.05) is 0 Å². The fourth-order valence-electron chi connectivity index (χ4n) is 10.5. The van der Waals surface area contributed by atoms with Crippen LogP contribution in [0.4, 0.5) is 0 Å². The molecule has 8 nitrogen and oxygen atoms in total. The van der Waals surface area contributed by atoms with Crippen LogP contribution in [-0.4, -0.2) is 51.8 Å². The molecule has 0 radical (unpaired) electrons. The highest BCUT2D eigenvalue weighted by atomic mass is 32.1. The smallest absolute Gasteiger partial charge is 0.423 e. The van der Waals surface area contributed by atoms with E-state index in [0.717, 1.165) is 148 Å². The van der Waals surface area contributed by atoms with E-state index < -0.39 is 14.2 Å². The molecule has 56 heavy (non-hydrogen) atoms. The van der Waals surface area contributed by atoms with Gasteiger partial charge in [0.15, 0.2) is 0 Å². The standard InChI is InChI=1S/C44H60B2N4O4S2/c1-5-9-13-17-21-43(22-18-14-10-6-2)31-25-30-32(26-29(31)37-33(43)27-35(45(51)52)39-41(37)49-55-47-39)44(23-19-15-11-7-3,24-20-16-12-8-4)34-28-36(46(53)54)40-42(38(30)34)50-56-48-40/h25-28,51-54H,5-24H2,1-4H3. The molecular formula is C44H60B2N4O4S2. The third-order valence-electron chi connectivity index (χ3n) is 13.3. The number of nitrogens with zero attached hydrogens (tertiary/aromatic N) is 4. The van der Waals surface area contributed by atoms with Crippen LogP contribution in [0.25, 0.3) is 44.3 Å². The summed E-state index contributed by atoms with van der Waals surface area (Å²) in [5.41, 5.74) is 12.5. The third-order valence-corrected chi connectivity index (χ3v) is 14.3. The second kappa shape index (κ2) is 18.0. The average molecular weight is 795 g/mol. The Bertz CT molecular complexity index is 1960. The Labute approximate surface area is 342 Å². The SMILES string of the molecule is CCCCCCC1(CCCCCC)c2cc3c(cc2-c2c1cc(B(O)O)c1nsnc21)C(CCCCCC)(CCCCCC)c1cc(B(O)O)c2nsnc2c1-3. The lowest BCUT2D eigenvalue weighted by Crippen LogP contribution is -2.34. The van der Waals surface area contributed by atoms with Gasteiger partial charge < -0.3 is 20.1 Å². The van der Waals surface area contributed by atoms with Crippen molar-refractivity contribution >= 4 is 70.7 Å². The summed E-state index contributed by atoms with van der Waals surface area (Å²) in [4.78, 5) is 0. The van der Waals surface area contributed by atoms with Gasteiger partial charge in [0.2, 0.25) is 0 Å². The molecule has 2 aromatic heterocycles. The Balaban J connectivity index is 1.55. The summed E-state index contributed by atoms with van der Waals surface area (Å²) in [7, 11) is -3.30. The zero-order valence-electron chi connectivity index (χ0n) is 34.0. The van der Waals surface area contributed by atoms with Gasteiger partial charge in [-0.05, 0) is 71.2 Å². The first-order valence-electron chi connectivity index (χ1n) is 21.8. The largest absolute Gasteiger partial charge is 0.490 e. The van der Waals surface area contributed by atoms with Gasteiger partial charge in [-0.1, -0.05) is 143 Å². The molecule has 0 fully saturated rings. The van der Waals surface area contributed by atoms with E-state index in [1.165, 1.54) is 59.1 Å². The van der Waals surface area contributed by atoms with Gasteiger partial charge in [0, 0.05) is 32.9 Å². The predicted octanol–water partition coefficient (Wildman–Crippen LogP) is 9.47. The molecule has 2 aliphatic rings. The van der Waals surface area contributed by atoms with Gasteiger partial charge in [0.05, 0.1) is 23.5 Å². The van der Waals surface area contributed by atoms with Crippen molar-refractivity contribution in [3.63, 3.8) is 0 Å². The monoisotopic (exact) mass is 794 g/mol. The molecule has 0 bridgehead atoms. The topological polar surface area (TPSA) is 132 Å². The third kappa shape index (κ3) is 7.29. The first-order valence-corrected chi connectivity index (χ1v) is 23.2. The molecule has 2 aliphatic carbocycles. The van der Waals surface area contributed by atoms with Crippen molar-refractivity contribution in [3.05, 3.63) is 46.5 Å². The first-order chi connectivity index (χ1) is 27.3. The van der Waals surface area contributed by atoms with E-state index in [1.54, 1.807) is 0 Å². The average Bonchev–Trinajstić information content (AvgIpc) is 3.98. The molecule has 0 spiro atoms. The highest BCUT2D eigenvalue weighted by Crippen LogP contribution is 2.62. The summed E-state index contributed by atoms with van der Waals surface area (Å²) in [6.07, 6.45) is 22.2. The molecule has 0 saturated carbocycles. The van der Waals surface area contributed by atoms with Gasteiger partial charge >= 0.3 is 14.2 Å². The molecule has 3 aromatic carbocycles. The van der Waals surface area contributed by atoms with Crippen molar-refractivity contribution < 1.29 is 20.1 Å². The summed E-state index contributed by atoms with van der Waals surface area (Å²) in [5.74, 6) is 0. The zero-order valence-corrected chi connectivity index (χ0v) is 35.6. The minimum Gasteiger partial charge on any atom is -0.423 e. The number of hydrogen-bond donors (Lipinski definition) is 4. The lowest BCUT2D eigenvalue weighted by Gasteiger charge is -2.35. The maximum atomic E-state index is 10.8. The van der Waals surface area contributed by atoms with Crippen LogP contribution in [0, 0.1) is 0 Å². The molecule has 0 saturated heterocycles. The quantitative estimate of drug-likeness (QED) is 0.0403. The van der Waals surface area contributed by atoms with Crippen LogP contribution >= 0.6 is 23.5 Å². The van der Waals surface area contributed by atoms with E-state index in [4.69, 9.17) is 8.75 Å². The number of aromatic nitrogens is 4. The Kier molecular flexibility index (Phi) is 13.3. The lowest BCUT2D eigenvalue weighted by molar-refractivity contribution is 0.397. The van der Waals surface area contributed by atoms with Crippen molar-refractivity contribution in [1.29, 1.82) is 0 Å². The molecule has 2 heterocycles. The number of benzene rings is 3. The second-order valence-electron chi connectivity index (χ2n) is 16.8. The maximum absolute atomic E-state index is 10.8. The van der Waals surface area contributed by atoms with Crippen LogP contribution < -0.4 is 10.9 Å². The molecular weight excluding hydrogens is 734 g/mol. The van der Waals surface area contributed by atoms with E-state index in [1.807, 2.05) is 0 Å². The molecule has 7 rings (SSSR count). The Morgan fingerprint density at radius 2 is 0.750 bits per heavy atom. The van der Waals surface area contributed by atoms with Crippen LogP contribution in [-0.2, 0) is 10.8 Å². The summed E-state index contributed by atoms with van der Waals surface area (Å²) in [5, 5.41) is 43.2. The molecule has 0 amide bonds. The molecule has 12 heteroatoms. The highest BCUT2D eigenvalue weighted by Gasteiger charge is 2.50. The molecule has 0 unspecified atom stereocenters. The number of fused-ring (bicyclic) bond motifs is 10. The number of unbranched alkanes of at least 4 members (excludes halogenated alkanes) is 12. The zero-order chi connectivity index (χ0) is 39.5. The van der Waals surface area contributed by atoms with E-state index in [-0.39, 0.29) is 10.8 Å². The fraction of sp³-hybridized carbons (Fsp3) is 0.591. The summed E-state index contributed by atoms with van der Waals surface area (Å²) in [6.45, 7) is 9.03. The molecule has 298 valence electrons. The molecule has 4 N–H and O–H groups in total. The normalized spacial score (nSPS) is 14.7. The number of rotatable bonds is 22. The number of hydrogen-bond acceptors (Lipinski definition) is 10. The van der Waals surface area contributed by atoms with Gasteiger partial charge in [-0.25, -0.2) is 0 Å². The Hall–Kier alpha value is -2.73. The Morgan fingerprint density at radius 3 is 1.05 bits per heavy atom. The van der Waals surface area contributed by atoms with Crippen molar-refractivity contribution in [2.24, 2.45) is 0 Å². The van der Waals surface area contributed by atoms with Crippen molar-refractivity contribution in [2.45, 2.75) is 167 Å². The van der Waals surface area contributed by atoms with Gasteiger partial charge in [-0.2, -0.15) is 17.5 Å². The molecule has 0 atom stereocenters. The van der Waals surface area contributed by atoms with Crippen LogP contribution in [0.5, 0.6) is 0 Å². The van der Waals surface area contributed by atoms with E-state index in [2.05, 4.69) is 60.7 Å². The van der Waals surface area contributed by atoms with Gasteiger partial charge in [-0.3, -0.25) is 0 Å². The van der Waals surface area contributed by atoms with Gasteiger partial charge in [-0.15, -0.1) is 0 Å². The summed E-state index contributed by atoms with van der Waals surface area (Å²) >= 11 is 2.29. The first kappa shape index (κ1) is 41.4. The van der Waals surface area contributed by atoms with Gasteiger partial charge in [0.1, 0.15) is 22.1 Å². The van der Waals surface area contributed by atoms with Crippen LogP contribution in [0.2, 0.25) is 0 Å². The second-order valence-corrected chi connectivity index (χ2v) is 17.9. The predicted molar refractivity (Wildman–Crippen MR) is 236 cm³/mol. The van der Waals surface area contributed by atoms with E-state index in [0.29, 0.717) is 22.0 Å². The van der Waals surface area contributed by atoms with Crippen molar-refractivity contribution in [1.82, 2.24) is 17.5 Å². The van der Waals surface area contributed by atoms with Crippen LogP contribution in [0.15, 0.2) is 24.3 Å². The fourth-order valence-corrected chi connectivity index (χ4v) is 11.6. The maximum Gasteiger partial charge on any atom is 0.490 e. The van der Waals surface area contributed by atoms with E-state index >= 15 is 0 Å². The van der Waals surface area contributed by atoms with E-state index in [9.17, 15) is 20.1 Å². The lowest BCUT2D eigenvalue weighted by atomic mass is 9.67. The highest BCUT2D eigenvalue weighted by molar-refractivity contribution is 7.00. The Morgan fingerprint density at radius 1 is 0.429 bits per heavy atom. The van der Waals surface area contributed by atoms with Crippen LogP contribution in [0.1, 0.15) is 178 Å². The van der Waals surface area contributed by atoms with Gasteiger partial charge in [0.25, 0.3) is 0 Å². The summed E-state index contributed by atoms with van der Waals surface area (Å²) in [6, 6.07) is 9.14. The summed E-state index contributed by atoms with van der Waals surface area (Å²) < 4.78 is 19.2. The van der Waals surface area contributed by atoms with Crippen LogP contribution in [0.3, 0.4) is 0 Å². The molecule has 0 aliphatic heterocycles. The molecule has 5 aromatic rings. The minimum atomic E-state index is -1.65. The van der Waals surface area contributed by atoms with Crippen molar-refractivity contribution in [3.8, 4) is 22.3 Å². The minimum absolute atomic E-state index is 0.336.